The van der Waals surface area contributed by atoms with E-state index in [9.17, 15) is 14.7 Å². The number of aryl methyl sites for hydroxylation is 2. The number of nitrogens with one attached hydrogen (secondary N) is 2. The summed E-state index contributed by atoms with van der Waals surface area (Å²) in [5.41, 5.74) is 2.92. The Labute approximate surface area is 131 Å². The molecule has 1 aromatic carbocycles. The SMILES string of the molecule is CCc1cc(NC(=O)C(=O)NC2CCCCC2O)ccc1C. The van der Waals surface area contributed by atoms with Gasteiger partial charge < -0.3 is 15.7 Å². The van der Waals surface area contributed by atoms with Crippen LogP contribution in [0.2, 0.25) is 0 Å². The summed E-state index contributed by atoms with van der Waals surface area (Å²) in [4.78, 5) is 23.9. The lowest BCUT2D eigenvalue weighted by Gasteiger charge is -2.28. The van der Waals surface area contributed by atoms with E-state index in [4.69, 9.17) is 0 Å². The van der Waals surface area contributed by atoms with Gasteiger partial charge in [-0.1, -0.05) is 25.8 Å². The van der Waals surface area contributed by atoms with Gasteiger partial charge in [0.1, 0.15) is 0 Å². The molecule has 120 valence electrons. The lowest BCUT2D eigenvalue weighted by atomic mass is 9.92. The predicted octanol–water partition coefficient (Wildman–Crippen LogP) is 1.92. The molecule has 2 unspecified atom stereocenters. The zero-order valence-corrected chi connectivity index (χ0v) is 13.2. The van der Waals surface area contributed by atoms with E-state index >= 15 is 0 Å². The van der Waals surface area contributed by atoms with Gasteiger partial charge in [0.2, 0.25) is 0 Å². The minimum Gasteiger partial charge on any atom is -0.391 e. The maximum Gasteiger partial charge on any atom is 0.313 e. The van der Waals surface area contributed by atoms with Gasteiger partial charge in [0, 0.05) is 5.69 Å². The second kappa shape index (κ2) is 7.40. The maximum atomic E-state index is 12.0. The van der Waals surface area contributed by atoms with E-state index in [1.165, 1.54) is 0 Å². The Morgan fingerprint density at radius 3 is 2.64 bits per heavy atom. The monoisotopic (exact) mass is 304 g/mol. The van der Waals surface area contributed by atoms with Gasteiger partial charge in [-0.2, -0.15) is 0 Å². The summed E-state index contributed by atoms with van der Waals surface area (Å²) < 4.78 is 0. The van der Waals surface area contributed by atoms with Crippen LogP contribution in [-0.2, 0) is 16.0 Å². The minimum atomic E-state index is -0.691. The van der Waals surface area contributed by atoms with Crippen molar-refractivity contribution in [1.82, 2.24) is 5.32 Å². The van der Waals surface area contributed by atoms with Crippen LogP contribution in [0.5, 0.6) is 0 Å². The van der Waals surface area contributed by atoms with Gasteiger partial charge in [0.05, 0.1) is 12.1 Å². The quantitative estimate of drug-likeness (QED) is 0.747. The van der Waals surface area contributed by atoms with Crippen molar-refractivity contribution in [2.24, 2.45) is 0 Å². The number of rotatable bonds is 3. The highest BCUT2D eigenvalue weighted by atomic mass is 16.3. The molecule has 22 heavy (non-hydrogen) atoms. The van der Waals surface area contributed by atoms with Gasteiger partial charge in [-0.3, -0.25) is 9.59 Å². The molecule has 0 aliphatic heterocycles. The second-order valence-electron chi connectivity index (χ2n) is 5.88. The smallest absolute Gasteiger partial charge is 0.313 e. The van der Waals surface area contributed by atoms with Gasteiger partial charge in [-0.05, 0) is 49.4 Å². The van der Waals surface area contributed by atoms with Crippen LogP contribution < -0.4 is 10.6 Å². The van der Waals surface area contributed by atoms with Crippen molar-refractivity contribution in [3.8, 4) is 0 Å². The average molecular weight is 304 g/mol. The molecule has 2 rings (SSSR count). The van der Waals surface area contributed by atoms with Crippen molar-refractivity contribution in [1.29, 1.82) is 0 Å². The molecule has 0 saturated heterocycles. The molecule has 1 aliphatic carbocycles. The van der Waals surface area contributed by atoms with Crippen molar-refractivity contribution >= 4 is 17.5 Å². The number of carbonyl (C=O) groups excluding carboxylic acids is 2. The molecule has 2 amide bonds. The molecule has 1 aromatic rings. The summed E-state index contributed by atoms with van der Waals surface area (Å²) in [6.07, 6.45) is 3.62. The van der Waals surface area contributed by atoms with E-state index in [1.807, 2.05) is 26.0 Å². The summed E-state index contributed by atoms with van der Waals surface area (Å²) in [6, 6.07) is 5.28. The molecule has 1 fully saturated rings. The maximum absolute atomic E-state index is 12.0. The van der Waals surface area contributed by atoms with E-state index in [0.29, 0.717) is 18.5 Å². The number of carbonyl (C=O) groups is 2. The predicted molar refractivity (Wildman–Crippen MR) is 85.6 cm³/mol. The van der Waals surface area contributed by atoms with E-state index in [2.05, 4.69) is 10.6 Å². The standard InChI is InChI=1S/C17H24N2O3/c1-3-12-10-13(9-8-11(12)2)18-16(21)17(22)19-14-6-4-5-7-15(14)20/h8-10,14-15,20H,3-7H2,1-2H3,(H,18,21)(H,19,22). The fraction of sp³-hybridized carbons (Fsp3) is 0.529. The van der Waals surface area contributed by atoms with Gasteiger partial charge in [-0.25, -0.2) is 0 Å². The third-order valence-corrected chi connectivity index (χ3v) is 4.24. The molecule has 0 aromatic heterocycles. The molecule has 5 nitrogen and oxygen atoms in total. The minimum absolute atomic E-state index is 0.323. The summed E-state index contributed by atoms with van der Waals surface area (Å²) in [5, 5.41) is 15.1. The lowest BCUT2D eigenvalue weighted by Crippen LogP contribution is -2.48. The van der Waals surface area contributed by atoms with Crippen LogP contribution in [0.4, 0.5) is 5.69 Å². The molecular weight excluding hydrogens is 280 g/mol. The summed E-state index contributed by atoms with van der Waals surface area (Å²) in [7, 11) is 0. The third kappa shape index (κ3) is 4.07. The summed E-state index contributed by atoms with van der Waals surface area (Å²) in [5.74, 6) is -1.38. The first-order chi connectivity index (χ1) is 10.5. The van der Waals surface area contributed by atoms with Crippen LogP contribution in [0.3, 0.4) is 0 Å². The van der Waals surface area contributed by atoms with Crippen LogP contribution in [0, 0.1) is 6.92 Å². The Kier molecular flexibility index (Phi) is 5.55. The fourth-order valence-corrected chi connectivity index (χ4v) is 2.83. The van der Waals surface area contributed by atoms with Crippen molar-refractivity contribution in [3.63, 3.8) is 0 Å². The molecule has 0 bridgehead atoms. The highest BCUT2D eigenvalue weighted by Gasteiger charge is 2.26. The number of aliphatic hydroxyl groups is 1. The second-order valence-corrected chi connectivity index (χ2v) is 5.88. The fourth-order valence-electron chi connectivity index (χ4n) is 2.83. The molecule has 2 atom stereocenters. The number of anilines is 1. The van der Waals surface area contributed by atoms with Crippen LogP contribution in [0.25, 0.3) is 0 Å². The summed E-state index contributed by atoms with van der Waals surface area (Å²) >= 11 is 0. The Hall–Kier alpha value is -1.88. The molecule has 1 saturated carbocycles. The first-order valence-corrected chi connectivity index (χ1v) is 7.90. The van der Waals surface area contributed by atoms with Crippen LogP contribution >= 0.6 is 0 Å². The summed E-state index contributed by atoms with van der Waals surface area (Å²) in [6.45, 7) is 4.06. The number of hydrogen-bond donors (Lipinski definition) is 3. The van der Waals surface area contributed by atoms with E-state index in [-0.39, 0.29) is 6.04 Å². The first kappa shape index (κ1) is 16.5. The Morgan fingerprint density at radius 1 is 1.23 bits per heavy atom. The highest BCUT2D eigenvalue weighted by molar-refractivity contribution is 6.39. The van der Waals surface area contributed by atoms with Crippen molar-refractivity contribution in [2.75, 3.05) is 5.32 Å². The van der Waals surface area contributed by atoms with Crippen LogP contribution in [0.15, 0.2) is 18.2 Å². The number of amides is 2. The van der Waals surface area contributed by atoms with E-state index in [0.717, 1.165) is 30.4 Å². The van der Waals surface area contributed by atoms with Crippen molar-refractivity contribution in [2.45, 2.75) is 58.1 Å². The van der Waals surface area contributed by atoms with E-state index < -0.39 is 17.9 Å². The van der Waals surface area contributed by atoms with Crippen LogP contribution in [-0.4, -0.2) is 29.1 Å². The van der Waals surface area contributed by atoms with Crippen molar-refractivity contribution < 1.29 is 14.7 Å². The van der Waals surface area contributed by atoms with Gasteiger partial charge in [0.25, 0.3) is 0 Å². The highest BCUT2D eigenvalue weighted by Crippen LogP contribution is 2.19. The Morgan fingerprint density at radius 2 is 1.95 bits per heavy atom. The molecule has 0 radical (unpaired) electrons. The van der Waals surface area contributed by atoms with Crippen LogP contribution in [0.1, 0.15) is 43.7 Å². The largest absolute Gasteiger partial charge is 0.391 e. The zero-order valence-electron chi connectivity index (χ0n) is 13.2. The number of aliphatic hydroxyl groups excluding tert-OH is 1. The molecule has 1 aliphatic rings. The average Bonchev–Trinajstić information content (AvgIpc) is 2.51. The molecule has 3 N–H and O–H groups in total. The molecular formula is C17H24N2O3. The topological polar surface area (TPSA) is 78.4 Å². The lowest BCUT2D eigenvalue weighted by molar-refractivity contribution is -0.137. The zero-order chi connectivity index (χ0) is 16.1. The molecule has 5 heteroatoms. The number of hydrogen-bond acceptors (Lipinski definition) is 3. The van der Waals surface area contributed by atoms with E-state index in [1.54, 1.807) is 6.07 Å². The van der Waals surface area contributed by atoms with Crippen molar-refractivity contribution in [3.05, 3.63) is 29.3 Å². The Bertz CT molecular complexity index is 557. The molecule has 0 spiro atoms. The third-order valence-electron chi connectivity index (χ3n) is 4.24. The Balaban J connectivity index is 1.95. The normalized spacial score (nSPS) is 21.2. The van der Waals surface area contributed by atoms with Gasteiger partial charge in [0.15, 0.2) is 0 Å². The molecule has 0 heterocycles. The first-order valence-electron chi connectivity index (χ1n) is 7.90. The number of benzene rings is 1. The van der Waals surface area contributed by atoms with Gasteiger partial charge in [-0.15, -0.1) is 0 Å². The van der Waals surface area contributed by atoms with Gasteiger partial charge >= 0.3 is 11.8 Å².